The van der Waals surface area contributed by atoms with Gasteiger partial charge in [0, 0.05) is 12.4 Å². The highest BCUT2D eigenvalue weighted by molar-refractivity contribution is 6.35. The Kier molecular flexibility index (Phi) is 2.53. The topological polar surface area (TPSA) is 24.9 Å². The third kappa shape index (κ3) is 1.65. The SMILES string of the molecule is CNc1nc2c(Cl)ccc(C)c2cc1C. The fourth-order valence-corrected chi connectivity index (χ4v) is 1.92. The maximum atomic E-state index is 6.12. The molecule has 0 aliphatic heterocycles. The van der Waals surface area contributed by atoms with Crippen LogP contribution in [0.15, 0.2) is 18.2 Å². The third-order valence-electron chi connectivity index (χ3n) is 2.58. The van der Waals surface area contributed by atoms with Crippen molar-refractivity contribution in [1.29, 1.82) is 0 Å². The van der Waals surface area contributed by atoms with Gasteiger partial charge in [-0.2, -0.15) is 0 Å². The Bertz CT molecular complexity index is 521. The van der Waals surface area contributed by atoms with E-state index in [2.05, 4.69) is 23.3 Å². The lowest BCUT2D eigenvalue weighted by Crippen LogP contribution is -1.97. The average molecular weight is 221 g/mol. The van der Waals surface area contributed by atoms with E-state index in [4.69, 9.17) is 11.6 Å². The summed E-state index contributed by atoms with van der Waals surface area (Å²) in [6.45, 7) is 4.11. The summed E-state index contributed by atoms with van der Waals surface area (Å²) in [5.41, 5.74) is 3.20. The van der Waals surface area contributed by atoms with E-state index < -0.39 is 0 Å². The van der Waals surface area contributed by atoms with Gasteiger partial charge in [0.25, 0.3) is 0 Å². The van der Waals surface area contributed by atoms with E-state index in [9.17, 15) is 0 Å². The zero-order valence-electron chi connectivity index (χ0n) is 9.06. The molecule has 0 spiro atoms. The van der Waals surface area contributed by atoms with Crippen molar-refractivity contribution in [2.45, 2.75) is 13.8 Å². The smallest absolute Gasteiger partial charge is 0.129 e. The van der Waals surface area contributed by atoms with Gasteiger partial charge < -0.3 is 5.32 Å². The Morgan fingerprint density at radius 3 is 2.60 bits per heavy atom. The summed E-state index contributed by atoms with van der Waals surface area (Å²) < 4.78 is 0. The zero-order chi connectivity index (χ0) is 11.0. The van der Waals surface area contributed by atoms with Gasteiger partial charge in [-0.15, -0.1) is 0 Å². The van der Waals surface area contributed by atoms with Crippen LogP contribution in [-0.2, 0) is 0 Å². The fraction of sp³-hybridized carbons (Fsp3) is 0.250. The zero-order valence-corrected chi connectivity index (χ0v) is 9.81. The number of halogens is 1. The van der Waals surface area contributed by atoms with Crippen LogP contribution in [0.5, 0.6) is 0 Å². The van der Waals surface area contributed by atoms with Gasteiger partial charge in [-0.1, -0.05) is 17.7 Å². The van der Waals surface area contributed by atoms with Crippen LogP contribution in [0.3, 0.4) is 0 Å². The molecular weight excluding hydrogens is 208 g/mol. The van der Waals surface area contributed by atoms with Crippen molar-refractivity contribution < 1.29 is 0 Å². The standard InChI is InChI=1S/C12H13ClN2/c1-7-4-5-10(13)11-9(7)6-8(2)12(14-3)15-11/h4-6H,1-3H3,(H,14,15). The van der Waals surface area contributed by atoms with E-state index >= 15 is 0 Å². The Balaban J connectivity index is 2.86. The summed E-state index contributed by atoms with van der Waals surface area (Å²) in [6.07, 6.45) is 0. The summed E-state index contributed by atoms with van der Waals surface area (Å²) in [7, 11) is 1.87. The molecule has 0 radical (unpaired) electrons. The minimum absolute atomic E-state index is 0.701. The van der Waals surface area contributed by atoms with Crippen molar-refractivity contribution in [1.82, 2.24) is 4.98 Å². The van der Waals surface area contributed by atoms with E-state index in [1.807, 2.05) is 26.1 Å². The molecule has 1 heterocycles. The molecule has 0 saturated carbocycles. The second kappa shape index (κ2) is 3.70. The highest BCUT2D eigenvalue weighted by Crippen LogP contribution is 2.27. The number of pyridine rings is 1. The molecule has 1 aromatic carbocycles. The second-order valence-corrected chi connectivity index (χ2v) is 4.07. The summed E-state index contributed by atoms with van der Waals surface area (Å²) in [5.74, 6) is 0.884. The van der Waals surface area contributed by atoms with Gasteiger partial charge in [0.05, 0.1) is 10.5 Å². The predicted octanol–water partition coefficient (Wildman–Crippen LogP) is 3.55. The summed E-state index contributed by atoms with van der Waals surface area (Å²) >= 11 is 6.12. The summed E-state index contributed by atoms with van der Waals surface area (Å²) in [6, 6.07) is 6.03. The lowest BCUT2D eigenvalue weighted by molar-refractivity contribution is 1.28. The van der Waals surface area contributed by atoms with Gasteiger partial charge in [-0.25, -0.2) is 4.98 Å². The van der Waals surface area contributed by atoms with Gasteiger partial charge in [-0.3, -0.25) is 0 Å². The van der Waals surface area contributed by atoms with Crippen LogP contribution >= 0.6 is 11.6 Å². The summed E-state index contributed by atoms with van der Waals surface area (Å²) in [4.78, 5) is 4.51. The number of rotatable bonds is 1. The Morgan fingerprint density at radius 2 is 1.93 bits per heavy atom. The molecule has 15 heavy (non-hydrogen) atoms. The number of aromatic nitrogens is 1. The molecule has 0 aliphatic carbocycles. The van der Waals surface area contributed by atoms with Crippen LogP contribution in [0.1, 0.15) is 11.1 Å². The molecule has 0 amide bonds. The lowest BCUT2D eigenvalue weighted by Gasteiger charge is -2.09. The van der Waals surface area contributed by atoms with Crippen molar-refractivity contribution >= 4 is 28.3 Å². The van der Waals surface area contributed by atoms with Crippen molar-refractivity contribution in [2.75, 3.05) is 12.4 Å². The molecule has 78 valence electrons. The van der Waals surface area contributed by atoms with Crippen molar-refractivity contribution in [3.63, 3.8) is 0 Å². The van der Waals surface area contributed by atoms with Crippen LogP contribution in [-0.4, -0.2) is 12.0 Å². The van der Waals surface area contributed by atoms with Gasteiger partial charge >= 0.3 is 0 Å². The van der Waals surface area contributed by atoms with E-state index in [-0.39, 0.29) is 0 Å². The number of nitrogens with one attached hydrogen (secondary N) is 1. The van der Waals surface area contributed by atoms with Crippen LogP contribution in [0.25, 0.3) is 10.9 Å². The number of benzene rings is 1. The van der Waals surface area contributed by atoms with Crippen molar-refractivity contribution in [2.24, 2.45) is 0 Å². The van der Waals surface area contributed by atoms with Gasteiger partial charge in [-0.05, 0) is 37.1 Å². The molecular formula is C12H13ClN2. The normalized spacial score (nSPS) is 10.7. The first-order valence-corrected chi connectivity index (χ1v) is 5.25. The highest BCUT2D eigenvalue weighted by atomic mass is 35.5. The lowest BCUT2D eigenvalue weighted by atomic mass is 10.1. The number of aryl methyl sites for hydroxylation is 2. The molecule has 2 rings (SSSR count). The monoisotopic (exact) mass is 220 g/mol. The molecule has 2 nitrogen and oxygen atoms in total. The molecule has 0 atom stereocenters. The number of fused-ring (bicyclic) bond motifs is 1. The fourth-order valence-electron chi connectivity index (χ4n) is 1.72. The first-order chi connectivity index (χ1) is 7.13. The molecule has 1 N–H and O–H groups in total. The number of hydrogen-bond acceptors (Lipinski definition) is 2. The molecule has 0 fully saturated rings. The molecule has 0 saturated heterocycles. The predicted molar refractivity (Wildman–Crippen MR) is 65.8 cm³/mol. The summed E-state index contributed by atoms with van der Waals surface area (Å²) in [5, 5.41) is 4.89. The van der Waals surface area contributed by atoms with E-state index in [0.29, 0.717) is 5.02 Å². The third-order valence-corrected chi connectivity index (χ3v) is 2.89. The largest absolute Gasteiger partial charge is 0.373 e. The van der Waals surface area contributed by atoms with Crippen LogP contribution in [0.4, 0.5) is 5.82 Å². The Hall–Kier alpha value is -1.28. The van der Waals surface area contributed by atoms with Crippen LogP contribution in [0, 0.1) is 13.8 Å². The molecule has 0 bridgehead atoms. The van der Waals surface area contributed by atoms with Gasteiger partial charge in [0.2, 0.25) is 0 Å². The van der Waals surface area contributed by atoms with Gasteiger partial charge in [0.1, 0.15) is 5.82 Å². The maximum absolute atomic E-state index is 6.12. The number of nitrogens with zero attached hydrogens (tertiary/aromatic N) is 1. The second-order valence-electron chi connectivity index (χ2n) is 3.66. The first-order valence-electron chi connectivity index (χ1n) is 4.87. The molecule has 2 aromatic rings. The molecule has 0 aliphatic rings. The van der Waals surface area contributed by atoms with Crippen LogP contribution < -0.4 is 5.32 Å². The highest BCUT2D eigenvalue weighted by Gasteiger charge is 2.06. The Labute approximate surface area is 94.3 Å². The Morgan fingerprint density at radius 1 is 1.20 bits per heavy atom. The first kappa shape index (κ1) is 10.2. The average Bonchev–Trinajstić information content (AvgIpc) is 2.23. The number of hydrogen-bond donors (Lipinski definition) is 1. The minimum Gasteiger partial charge on any atom is -0.373 e. The minimum atomic E-state index is 0.701. The van der Waals surface area contributed by atoms with Crippen molar-refractivity contribution in [3.8, 4) is 0 Å². The molecule has 1 aromatic heterocycles. The van der Waals surface area contributed by atoms with Crippen LogP contribution in [0.2, 0.25) is 5.02 Å². The molecule has 3 heteroatoms. The van der Waals surface area contributed by atoms with E-state index in [0.717, 1.165) is 22.3 Å². The molecule has 0 unspecified atom stereocenters. The van der Waals surface area contributed by atoms with E-state index in [1.54, 1.807) is 0 Å². The maximum Gasteiger partial charge on any atom is 0.129 e. The van der Waals surface area contributed by atoms with Gasteiger partial charge in [0.15, 0.2) is 0 Å². The number of anilines is 1. The quantitative estimate of drug-likeness (QED) is 0.795. The van der Waals surface area contributed by atoms with Crippen molar-refractivity contribution in [3.05, 3.63) is 34.3 Å². The van der Waals surface area contributed by atoms with E-state index in [1.165, 1.54) is 5.56 Å².